The number of allylic oxidation sites excluding steroid dienone is 1. The van der Waals surface area contributed by atoms with Gasteiger partial charge in [-0.25, -0.2) is 4.98 Å². The molecule has 0 amide bonds. The molecule has 3 rings (SSSR count). The van der Waals surface area contributed by atoms with Crippen LogP contribution in [0.2, 0.25) is 0 Å². The van der Waals surface area contributed by atoms with Crippen LogP contribution in [0.1, 0.15) is 18.4 Å². The highest BCUT2D eigenvalue weighted by molar-refractivity contribution is 5.57. The Balaban J connectivity index is 1.65. The van der Waals surface area contributed by atoms with E-state index in [0.717, 1.165) is 18.4 Å². The topological polar surface area (TPSA) is 72.2 Å². The van der Waals surface area contributed by atoms with Gasteiger partial charge in [-0.15, -0.1) is 0 Å². The minimum absolute atomic E-state index is 0.0578. The molecule has 0 atom stereocenters. The van der Waals surface area contributed by atoms with Crippen LogP contribution in [0.25, 0.3) is 0 Å². The standard InChI is InChI=1S/C18H16N4O2/c23-22(24)17-5-2-10-20-18(17)21-13-8-16(9-14-21)4-1-3-15-6-11-19-12-7-15/h2,4-7,10-12H,8-9,13-14H2. The molecule has 0 aliphatic carbocycles. The second-order valence-electron chi connectivity index (χ2n) is 5.40. The van der Waals surface area contributed by atoms with Crippen molar-refractivity contribution in [2.45, 2.75) is 12.8 Å². The molecule has 0 unspecified atom stereocenters. The smallest absolute Gasteiger partial charge is 0.311 e. The minimum Gasteiger partial charge on any atom is -0.350 e. The highest BCUT2D eigenvalue weighted by Crippen LogP contribution is 2.28. The quantitative estimate of drug-likeness (QED) is 0.483. The number of pyridine rings is 2. The molecule has 120 valence electrons. The van der Waals surface area contributed by atoms with Gasteiger partial charge in [-0.3, -0.25) is 15.1 Å². The van der Waals surface area contributed by atoms with Crippen LogP contribution in [0.5, 0.6) is 0 Å². The number of anilines is 1. The number of nitro groups is 1. The van der Waals surface area contributed by atoms with Crippen LogP contribution < -0.4 is 4.90 Å². The van der Waals surface area contributed by atoms with E-state index in [9.17, 15) is 10.1 Å². The molecule has 0 bridgehead atoms. The third-order valence-corrected chi connectivity index (χ3v) is 3.84. The molecule has 1 saturated heterocycles. The normalized spacial score (nSPS) is 13.8. The van der Waals surface area contributed by atoms with Crippen molar-refractivity contribution in [3.8, 4) is 11.8 Å². The summed E-state index contributed by atoms with van der Waals surface area (Å²) in [6.45, 7) is 1.42. The van der Waals surface area contributed by atoms with Crippen molar-refractivity contribution in [1.29, 1.82) is 0 Å². The van der Waals surface area contributed by atoms with E-state index in [4.69, 9.17) is 0 Å². The van der Waals surface area contributed by atoms with Gasteiger partial charge in [0.1, 0.15) is 0 Å². The summed E-state index contributed by atoms with van der Waals surface area (Å²) in [5.74, 6) is 6.60. The fourth-order valence-corrected chi connectivity index (χ4v) is 2.58. The molecular weight excluding hydrogens is 304 g/mol. The van der Waals surface area contributed by atoms with Gasteiger partial charge in [0.05, 0.1) is 4.92 Å². The van der Waals surface area contributed by atoms with Crippen LogP contribution in [-0.2, 0) is 0 Å². The van der Waals surface area contributed by atoms with Crippen LogP contribution in [0.4, 0.5) is 11.5 Å². The van der Waals surface area contributed by atoms with Crippen LogP contribution in [0.15, 0.2) is 54.5 Å². The summed E-state index contributed by atoms with van der Waals surface area (Å²) < 4.78 is 0. The molecular formula is C18H16N4O2. The predicted molar refractivity (Wildman–Crippen MR) is 91.5 cm³/mol. The SMILES string of the molecule is O=[N+]([O-])c1cccnc1N1CCC(=CC#Cc2ccncc2)CC1. The Kier molecular flexibility index (Phi) is 4.82. The first-order valence-electron chi connectivity index (χ1n) is 7.68. The molecule has 6 heteroatoms. The molecule has 0 saturated carbocycles. The highest BCUT2D eigenvalue weighted by atomic mass is 16.6. The molecule has 0 spiro atoms. The summed E-state index contributed by atoms with van der Waals surface area (Å²) in [7, 11) is 0. The van der Waals surface area contributed by atoms with E-state index in [-0.39, 0.29) is 10.6 Å². The third-order valence-electron chi connectivity index (χ3n) is 3.84. The zero-order valence-electron chi connectivity index (χ0n) is 13.1. The summed E-state index contributed by atoms with van der Waals surface area (Å²) in [5, 5.41) is 11.1. The van der Waals surface area contributed by atoms with Gasteiger partial charge in [0.25, 0.3) is 0 Å². The molecule has 2 aromatic heterocycles. The second-order valence-corrected chi connectivity index (χ2v) is 5.40. The average molecular weight is 320 g/mol. The van der Waals surface area contributed by atoms with Gasteiger partial charge in [0.2, 0.25) is 5.82 Å². The fraction of sp³-hybridized carbons (Fsp3) is 0.222. The lowest BCUT2D eigenvalue weighted by molar-refractivity contribution is -0.384. The largest absolute Gasteiger partial charge is 0.350 e. The molecule has 3 heterocycles. The van der Waals surface area contributed by atoms with Crippen molar-refractivity contribution in [3.63, 3.8) is 0 Å². The number of rotatable bonds is 2. The van der Waals surface area contributed by atoms with Crippen LogP contribution >= 0.6 is 0 Å². The summed E-state index contributed by atoms with van der Waals surface area (Å²) in [6.07, 6.45) is 8.64. The lowest BCUT2D eigenvalue weighted by Crippen LogP contribution is -2.31. The summed E-state index contributed by atoms with van der Waals surface area (Å²) in [6, 6.07) is 6.82. The van der Waals surface area contributed by atoms with Gasteiger partial charge in [-0.1, -0.05) is 17.4 Å². The Bertz CT molecular complexity index is 812. The molecule has 0 N–H and O–H groups in total. The average Bonchev–Trinajstić information content (AvgIpc) is 2.63. The van der Waals surface area contributed by atoms with E-state index in [1.165, 1.54) is 11.6 Å². The minimum atomic E-state index is -0.381. The number of aromatic nitrogens is 2. The van der Waals surface area contributed by atoms with Gasteiger partial charge in [0.15, 0.2) is 0 Å². The lowest BCUT2D eigenvalue weighted by Gasteiger charge is -2.28. The molecule has 0 aromatic carbocycles. The third kappa shape index (κ3) is 3.76. The zero-order valence-corrected chi connectivity index (χ0v) is 13.1. The van der Waals surface area contributed by atoms with Crippen molar-refractivity contribution >= 4 is 11.5 Å². The number of hydrogen-bond donors (Lipinski definition) is 0. The number of hydrogen-bond acceptors (Lipinski definition) is 5. The first-order chi connectivity index (χ1) is 11.7. The molecule has 6 nitrogen and oxygen atoms in total. The van der Waals surface area contributed by atoms with Gasteiger partial charge >= 0.3 is 5.69 Å². The highest BCUT2D eigenvalue weighted by Gasteiger charge is 2.23. The summed E-state index contributed by atoms with van der Waals surface area (Å²) in [4.78, 5) is 20.8. The Morgan fingerprint density at radius 1 is 1.17 bits per heavy atom. The molecule has 2 aromatic rings. The van der Waals surface area contributed by atoms with E-state index in [0.29, 0.717) is 18.9 Å². The Hall–Kier alpha value is -3.20. The van der Waals surface area contributed by atoms with Crippen LogP contribution in [0.3, 0.4) is 0 Å². The fourth-order valence-electron chi connectivity index (χ4n) is 2.58. The summed E-state index contributed by atoms with van der Waals surface area (Å²) in [5.41, 5.74) is 2.25. The first-order valence-corrected chi connectivity index (χ1v) is 7.68. The van der Waals surface area contributed by atoms with Crippen molar-refractivity contribution < 1.29 is 4.92 Å². The Labute approximate surface area is 140 Å². The van der Waals surface area contributed by atoms with Crippen molar-refractivity contribution in [2.24, 2.45) is 0 Å². The van der Waals surface area contributed by atoms with Gasteiger partial charge in [0, 0.05) is 43.3 Å². The van der Waals surface area contributed by atoms with E-state index in [1.807, 2.05) is 23.1 Å². The number of nitrogens with zero attached hydrogens (tertiary/aromatic N) is 4. The Morgan fingerprint density at radius 2 is 1.92 bits per heavy atom. The van der Waals surface area contributed by atoms with E-state index < -0.39 is 0 Å². The lowest BCUT2D eigenvalue weighted by atomic mass is 10.0. The van der Waals surface area contributed by atoms with E-state index in [1.54, 1.807) is 24.7 Å². The molecule has 0 radical (unpaired) electrons. The van der Waals surface area contributed by atoms with Gasteiger partial charge < -0.3 is 4.90 Å². The number of piperidine rings is 1. The van der Waals surface area contributed by atoms with Crippen molar-refractivity contribution in [1.82, 2.24) is 9.97 Å². The first kappa shape index (κ1) is 15.7. The second kappa shape index (κ2) is 7.38. The summed E-state index contributed by atoms with van der Waals surface area (Å²) >= 11 is 0. The van der Waals surface area contributed by atoms with Crippen molar-refractivity contribution in [2.75, 3.05) is 18.0 Å². The van der Waals surface area contributed by atoms with Gasteiger partial charge in [-0.2, -0.15) is 0 Å². The maximum absolute atomic E-state index is 11.1. The molecule has 1 aliphatic heterocycles. The maximum Gasteiger partial charge on any atom is 0.311 e. The molecule has 24 heavy (non-hydrogen) atoms. The maximum atomic E-state index is 11.1. The van der Waals surface area contributed by atoms with E-state index >= 15 is 0 Å². The van der Waals surface area contributed by atoms with Crippen molar-refractivity contribution in [3.05, 3.63) is 70.2 Å². The van der Waals surface area contributed by atoms with Crippen LogP contribution in [-0.4, -0.2) is 28.0 Å². The predicted octanol–water partition coefficient (Wildman–Crippen LogP) is 2.96. The monoisotopic (exact) mass is 320 g/mol. The van der Waals surface area contributed by atoms with Gasteiger partial charge in [-0.05, 0) is 37.1 Å². The molecule has 1 aliphatic rings. The van der Waals surface area contributed by atoms with Crippen LogP contribution in [0, 0.1) is 22.0 Å². The Morgan fingerprint density at radius 3 is 2.62 bits per heavy atom. The molecule has 1 fully saturated rings. The van der Waals surface area contributed by atoms with E-state index in [2.05, 4.69) is 21.8 Å². The zero-order chi connectivity index (χ0) is 16.8.